The molecule has 0 aliphatic rings. The maximum Gasteiger partial charge on any atom is 0.339 e. The number of hydrogen-bond donors (Lipinski definition) is 4. The fourth-order valence-electron chi connectivity index (χ4n) is 4.31. The van der Waals surface area contributed by atoms with Gasteiger partial charge in [-0.1, -0.05) is 10.4 Å². The normalized spacial score (nSPS) is 10.9. The molecule has 0 radical (unpaired) electrons. The number of rotatable bonds is 9. The lowest BCUT2D eigenvalue weighted by atomic mass is 10.1. The number of pyridine rings is 1. The van der Waals surface area contributed by atoms with Gasteiger partial charge in [-0.3, -0.25) is 4.79 Å². The first kappa shape index (κ1) is 28.4. The number of phenols is 2. The van der Waals surface area contributed by atoms with E-state index in [1.165, 1.54) is 58.2 Å². The van der Waals surface area contributed by atoms with E-state index in [1.807, 2.05) is 13.8 Å². The lowest BCUT2D eigenvalue weighted by molar-refractivity contribution is 0.0682. The Labute approximate surface area is 242 Å². The molecular formula is C28H24N8O7. The second kappa shape index (κ2) is 11.4. The number of amides is 1. The van der Waals surface area contributed by atoms with Gasteiger partial charge in [0.15, 0.2) is 0 Å². The number of carbonyl (C=O) groups excluding carboxylic acids is 1. The molecule has 43 heavy (non-hydrogen) atoms. The molecule has 0 aliphatic carbocycles. The first-order chi connectivity index (χ1) is 20.6. The highest BCUT2D eigenvalue weighted by molar-refractivity contribution is 5.96. The Morgan fingerprint density at radius 3 is 1.51 bits per heavy atom. The molecule has 0 saturated carbocycles. The quantitative estimate of drug-likeness (QED) is 0.197. The summed E-state index contributed by atoms with van der Waals surface area (Å²) in [5.74, 6) is -3.69. The Morgan fingerprint density at radius 2 is 1.14 bits per heavy atom. The van der Waals surface area contributed by atoms with Gasteiger partial charge in [0.05, 0.1) is 35.2 Å². The van der Waals surface area contributed by atoms with Crippen LogP contribution in [0.4, 0.5) is 0 Å². The van der Waals surface area contributed by atoms with Crippen LogP contribution in [0.15, 0.2) is 60.9 Å². The number of carboxylic acids is 2. The minimum atomic E-state index is -1.28. The smallest absolute Gasteiger partial charge is 0.339 e. The van der Waals surface area contributed by atoms with E-state index in [4.69, 9.17) is 0 Å². The van der Waals surface area contributed by atoms with E-state index in [0.717, 1.165) is 0 Å². The molecule has 0 unspecified atom stereocenters. The number of benzene rings is 2. The fourth-order valence-corrected chi connectivity index (χ4v) is 4.31. The van der Waals surface area contributed by atoms with Gasteiger partial charge in [0.2, 0.25) is 0 Å². The van der Waals surface area contributed by atoms with Crippen LogP contribution in [0.1, 0.15) is 44.9 Å². The van der Waals surface area contributed by atoms with Gasteiger partial charge in [0.25, 0.3) is 5.91 Å². The number of aromatic carboxylic acids is 2. The number of carbonyl (C=O) groups is 3. The van der Waals surface area contributed by atoms with E-state index < -0.39 is 23.4 Å². The minimum Gasteiger partial charge on any atom is -0.507 e. The summed E-state index contributed by atoms with van der Waals surface area (Å²) >= 11 is 0. The van der Waals surface area contributed by atoms with Crippen LogP contribution >= 0.6 is 0 Å². The van der Waals surface area contributed by atoms with Crippen molar-refractivity contribution in [3.63, 3.8) is 0 Å². The molecule has 0 bridgehead atoms. The van der Waals surface area contributed by atoms with Crippen molar-refractivity contribution in [3.05, 3.63) is 77.6 Å². The summed E-state index contributed by atoms with van der Waals surface area (Å²) in [7, 11) is 0. The monoisotopic (exact) mass is 584 g/mol. The summed E-state index contributed by atoms with van der Waals surface area (Å²) in [5, 5.41) is 55.0. The molecule has 0 spiro atoms. The van der Waals surface area contributed by atoms with Crippen molar-refractivity contribution in [2.45, 2.75) is 13.8 Å². The third-order valence-corrected chi connectivity index (χ3v) is 6.59. The maximum atomic E-state index is 13.3. The number of hydrogen-bond acceptors (Lipinski definition) is 10. The van der Waals surface area contributed by atoms with Crippen molar-refractivity contribution < 1.29 is 34.8 Å². The number of aromatic hydroxyl groups is 2. The van der Waals surface area contributed by atoms with Gasteiger partial charge in [-0.15, -0.1) is 10.2 Å². The average molecular weight is 585 g/mol. The first-order valence-corrected chi connectivity index (χ1v) is 12.9. The zero-order valence-electron chi connectivity index (χ0n) is 22.8. The third-order valence-electron chi connectivity index (χ3n) is 6.59. The fraction of sp³-hybridized carbons (Fsp3) is 0.143. The first-order valence-electron chi connectivity index (χ1n) is 12.9. The van der Waals surface area contributed by atoms with Crippen LogP contribution in [-0.2, 0) is 0 Å². The predicted octanol–water partition coefficient (Wildman–Crippen LogP) is 2.87. The summed E-state index contributed by atoms with van der Waals surface area (Å²) in [4.78, 5) is 42.1. The van der Waals surface area contributed by atoms with Crippen molar-refractivity contribution in [1.29, 1.82) is 0 Å². The molecule has 4 N–H and O–H groups in total. The molecule has 15 nitrogen and oxygen atoms in total. The summed E-state index contributed by atoms with van der Waals surface area (Å²) in [5.41, 5.74) is 1.58. The SMILES string of the molecule is CCN(CC)C(=O)c1cc(-c2cn(-c3ccc(C(=O)O)c(O)c3)nn2)nc(-c2cn(-c3ccc(C(=O)O)c(O)c3)nn2)c1. The van der Waals surface area contributed by atoms with Gasteiger partial charge in [0.1, 0.15) is 34.0 Å². The predicted molar refractivity (Wildman–Crippen MR) is 149 cm³/mol. The number of carboxylic acid groups (broad SMARTS) is 2. The Kier molecular flexibility index (Phi) is 7.53. The van der Waals surface area contributed by atoms with Crippen molar-refractivity contribution in [2.75, 3.05) is 13.1 Å². The Hall–Kier alpha value is -6.12. The van der Waals surface area contributed by atoms with Gasteiger partial charge in [-0.2, -0.15) is 0 Å². The van der Waals surface area contributed by atoms with Crippen LogP contribution in [-0.4, -0.2) is 91.2 Å². The minimum absolute atomic E-state index is 0.252. The molecule has 0 fully saturated rings. The van der Waals surface area contributed by atoms with Crippen LogP contribution < -0.4 is 0 Å². The van der Waals surface area contributed by atoms with Crippen LogP contribution in [0, 0.1) is 0 Å². The molecule has 5 aromatic rings. The summed E-state index contributed by atoms with van der Waals surface area (Å²) in [6, 6.07) is 11.0. The van der Waals surface area contributed by atoms with Gasteiger partial charge in [-0.25, -0.2) is 23.9 Å². The van der Waals surface area contributed by atoms with Crippen LogP contribution in [0.5, 0.6) is 11.5 Å². The van der Waals surface area contributed by atoms with Crippen molar-refractivity contribution in [3.8, 4) is 45.6 Å². The molecular weight excluding hydrogens is 560 g/mol. The average Bonchev–Trinajstić information content (AvgIpc) is 3.68. The zero-order chi connectivity index (χ0) is 30.8. The van der Waals surface area contributed by atoms with E-state index in [1.54, 1.807) is 17.0 Å². The highest BCUT2D eigenvalue weighted by Gasteiger charge is 2.20. The second-order valence-corrected chi connectivity index (χ2v) is 9.21. The number of aromatic nitrogens is 7. The molecule has 0 atom stereocenters. The molecule has 1 amide bonds. The Morgan fingerprint density at radius 1 is 0.698 bits per heavy atom. The third kappa shape index (κ3) is 5.58. The number of nitrogens with zero attached hydrogens (tertiary/aromatic N) is 8. The van der Waals surface area contributed by atoms with Crippen molar-refractivity contribution in [1.82, 2.24) is 39.9 Å². The molecule has 15 heteroatoms. The lowest BCUT2D eigenvalue weighted by Crippen LogP contribution is -2.30. The van der Waals surface area contributed by atoms with Crippen molar-refractivity contribution >= 4 is 17.8 Å². The van der Waals surface area contributed by atoms with Gasteiger partial charge in [-0.05, 0) is 50.2 Å². The van der Waals surface area contributed by atoms with Crippen LogP contribution in [0.25, 0.3) is 34.2 Å². The van der Waals surface area contributed by atoms with E-state index in [0.29, 0.717) is 30.0 Å². The van der Waals surface area contributed by atoms with Gasteiger partial charge in [0, 0.05) is 30.8 Å². The molecule has 3 heterocycles. The van der Waals surface area contributed by atoms with E-state index in [-0.39, 0.29) is 39.8 Å². The summed E-state index contributed by atoms with van der Waals surface area (Å²) in [6.45, 7) is 4.66. The zero-order valence-corrected chi connectivity index (χ0v) is 22.8. The standard InChI is InChI=1S/C28H24N8O7/c1-3-34(4-2)26(39)15-9-20(22-13-35(32-30-22)16-5-7-18(27(40)41)24(37)11-16)29-21(10-15)23-14-36(33-31-23)17-6-8-19(28(42)43)25(38)12-17/h5-14,37-38H,3-4H2,1-2H3,(H,40,41)(H,42,43). The highest BCUT2D eigenvalue weighted by Crippen LogP contribution is 2.27. The van der Waals surface area contributed by atoms with Crippen LogP contribution in [0.2, 0.25) is 0 Å². The van der Waals surface area contributed by atoms with Crippen LogP contribution in [0.3, 0.4) is 0 Å². The maximum absolute atomic E-state index is 13.3. The largest absolute Gasteiger partial charge is 0.507 e. The molecule has 3 aromatic heterocycles. The highest BCUT2D eigenvalue weighted by atomic mass is 16.4. The van der Waals surface area contributed by atoms with Gasteiger partial charge >= 0.3 is 11.9 Å². The van der Waals surface area contributed by atoms with Crippen molar-refractivity contribution in [2.24, 2.45) is 0 Å². The Bertz CT molecular complexity index is 1760. The summed E-state index contributed by atoms with van der Waals surface area (Å²) < 4.78 is 2.65. The second-order valence-electron chi connectivity index (χ2n) is 9.21. The molecule has 2 aromatic carbocycles. The van der Waals surface area contributed by atoms with Gasteiger partial charge < -0.3 is 25.3 Å². The topological polar surface area (TPSA) is 210 Å². The van der Waals surface area contributed by atoms with E-state index >= 15 is 0 Å². The summed E-state index contributed by atoms with van der Waals surface area (Å²) in [6.07, 6.45) is 3.02. The Balaban J connectivity index is 1.56. The molecule has 5 rings (SSSR count). The molecule has 218 valence electrons. The molecule has 0 saturated heterocycles. The van der Waals surface area contributed by atoms with E-state index in [9.17, 15) is 34.8 Å². The van der Waals surface area contributed by atoms with E-state index in [2.05, 4.69) is 25.6 Å². The molecule has 0 aliphatic heterocycles. The lowest BCUT2D eigenvalue weighted by Gasteiger charge is -2.19.